The first-order valence-corrected chi connectivity index (χ1v) is 8.45. The highest BCUT2D eigenvalue weighted by Gasteiger charge is 2.21. The molecule has 0 aromatic heterocycles. The molecule has 0 unspecified atom stereocenters. The van der Waals surface area contributed by atoms with Gasteiger partial charge in [0.05, 0.1) is 0 Å². The molecule has 138 valence electrons. The maximum Gasteiger partial charge on any atom is 0.339 e. The monoisotopic (exact) mass is 350 g/mol. The molecule has 0 aliphatic heterocycles. The lowest BCUT2D eigenvalue weighted by molar-refractivity contribution is -0.136. The lowest BCUT2D eigenvalue weighted by atomic mass is 9.95. The number of aliphatic carboxylic acids is 1. The molecule has 0 saturated carbocycles. The van der Waals surface area contributed by atoms with E-state index in [0.717, 1.165) is 24.8 Å². The van der Waals surface area contributed by atoms with E-state index in [1.54, 1.807) is 13.0 Å². The van der Waals surface area contributed by atoms with Gasteiger partial charge in [0, 0.05) is 12.0 Å². The Bertz CT molecular complexity index is 660. The molecule has 0 saturated heterocycles. The number of aromatic carboxylic acids is 1. The molecule has 6 heteroatoms. The van der Waals surface area contributed by atoms with Crippen LogP contribution in [0.15, 0.2) is 17.7 Å². The maximum absolute atomic E-state index is 11.5. The Morgan fingerprint density at radius 1 is 1.12 bits per heavy atom. The number of unbranched alkanes of at least 4 members (excludes halogenated alkanes) is 2. The van der Waals surface area contributed by atoms with Crippen LogP contribution in [0.2, 0.25) is 0 Å². The zero-order valence-electron chi connectivity index (χ0n) is 14.7. The van der Waals surface area contributed by atoms with Crippen LogP contribution in [0, 0.1) is 0 Å². The van der Waals surface area contributed by atoms with Gasteiger partial charge in [-0.2, -0.15) is 0 Å². The van der Waals surface area contributed by atoms with E-state index in [-0.39, 0.29) is 29.7 Å². The molecule has 0 spiro atoms. The van der Waals surface area contributed by atoms with Gasteiger partial charge in [-0.1, -0.05) is 31.4 Å². The van der Waals surface area contributed by atoms with Crippen LogP contribution >= 0.6 is 0 Å². The van der Waals surface area contributed by atoms with Gasteiger partial charge in [0.15, 0.2) is 0 Å². The van der Waals surface area contributed by atoms with Crippen LogP contribution in [0.1, 0.15) is 67.4 Å². The number of aryl methyl sites for hydroxylation is 1. The third kappa shape index (κ3) is 6.14. The quantitative estimate of drug-likeness (QED) is 0.376. The normalized spacial score (nSPS) is 11.5. The summed E-state index contributed by atoms with van der Waals surface area (Å²) in [6.07, 6.45) is 5.37. The SMILES string of the molecule is CCCCCc1cc(O)c(C/C=C(\C)CCC(=O)O)c(O)c1C(=O)O. The lowest BCUT2D eigenvalue weighted by Gasteiger charge is -2.14. The molecule has 0 aliphatic carbocycles. The predicted molar refractivity (Wildman–Crippen MR) is 94.3 cm³/mol. The first kappa shape index (κ1) is 20.5. The molecule has 0 atom stereocenters. The molecule has 1 aromatic rings. The summed E-state index contributed by atoms with van der Waals surface area (Å²) < 4.78 is 0. The maximum atomic E-state index is 11.5. The van der Waals surface area contributed by atoms with Gasteiger partial charge in [0.1, 0.15) is 17.1 Å². The van der Waals surface area contributed by atoms with Gasteiger partial charge < -0.3 is 20.4 Å². The molecule has 0 bridgehead atoms. The van der Waals surface area contributed by atoms with Gasteiger partial charge in [0.2, 0.25) is 0 Å². The number of hydrogen-bond donors (Lipinski definition) is 4. The molecule has 1 rings (SSSR count). The zero-order valence-corrected chi connectivity index (χ0v) is 14.7. The van der Waals surface area contributed by atoms with Crippen molar-refractivity contribution in [3.63, 3.8) is 0 Å². The average Bonchev–Trinajstić information content (AvgIpc) is 2.52. The minimum absolute atomic E-state index is 0.00294. The zero-order chi connectivity index (χ0) is 19.0. The van der Waals surface area contributed by atoms with Crippen molar-refractivity contribution in [2.24, 2.45) is 0 Å². The third-order valence-corrected chi connectivity index (χ3v) is 4.12. The summed E-state index contributed by atoms with van der Waals surface area (Å²) in [5.74, 6) is -2.68. The number of carboxylic acids is 2. The molecule has 4 N–H and O–H groups in total. The van der Waals surface area contributed by atoms with E-state index in [0.29, 0.717) is 18.4 Å². The standard InChI is InChI=1S/C19H26O6/c1-3-4-5-6-13-11-15(20)14(18(23)17(13)19(24)25)9-7-12(2)8-10-16(21)22/h7,11,20,23H,3-6,8-10H2,1-2H3,(H,21,22)(H,24,25)/b12-7+. The van der Waals surface area contributed by atoms with Crippen molar-refractivity contribution in [3.8, 4) is 11.5 Å². The highest BCUT2D eigenvalue weighted by molar-refractivity contribution is 5.93. The van der Waals surface area contributed by atoms with Crippen LogP contribution < -0.4 is 0 Å². The minimum Gasteiger partial charge on any atom is -0.508 e. The molecule has 0 heterocycles. The van der Waals surface area contributed by atoms with Crippen molar-refractivity contribution >= 4 is 11.9 Å². The van der Waals surface area contributed by atoms with E-state index in [9.17, 15) is 24.9 Å². The molecular formula is C19H26O6. The summed E-state index contributed by atoms with van der Waals surface area (Å²) in [7, 11) is 0. The number of allylic oxidation sites excluding steroid dienone is 2. The lowest BCUT2D eigenvalue weighted by Crippen LogP contribution is -2.05. The third-order valence-electron chi connectivity index (χ3n) is 4.12. The van der Waals surface area contributed by atoms with E-state index in [1.165, 1.54) is 6.07 Å². The van der Waals surface area contributed by atoms with Gasteiger partial charge in [-0.15, -0.1) is 0 Å². The number of carboxylic acid groups (broad SMARTS) is 2. The van der Waals surface area contributed by atoms with Crippen LogP contribution in [-0.4, -0.2) is 32.4 Å². The number of hydrogen-bond acceptors (Lipinski definition) is 4. The van der Waals surface area contributed by atoms with Gasteiger partial charge in [0.25, 0.3) is 0 Å². The summed E-state index contributed by atoms with van der Waals surface area (Å²) in [6, 6.07) is 1.41. The highest BCUT2D eigenvalue weighted by atomic mass is 16.4. The number of phenols is 2. The summed E-state index contributed by atoms with van der Waals surface area (Å²) in [5, 5.41) is 38.6. The number of rotatable bonds is 10. The van der Waals surface area contributed by atoms with Gasteiger partial charge in [-0.3, -0.25) is 4.79 Å². The molecule has 1 aromatic carbocycles. The van der Waals surface area contributed by atoms with Crippen molar-refractivity contribution in [1.29, 1.82) is 0 Å². The Hall–Kier alpha value is -2.50. The second kappa shape index (κ2) is 9.71. The Morgan fingerprint density at radius 2 is 1.80 bits per heavy atom. The Labute approximate surface area is 147 Å². The molecule has 0 aliphatic rings. The molecule has 6 nitrogen and oxygen atoms in total. The van der Waals surface area contributed by atoms with Crippen molar-refractivity contribution in [1.82, 2.24) is 0 Å². The summed E-state index contributed by atoms with van der Waals surface area (Å²) >= 11 is 0. The summed E-state index contributed by atoms with van der Waals surface area (Å²) in [5.41, 5.74) is 1.20. The Kier molecular flexibility index (Phi) is 7.98. The molecule has 0 radical (unpaired) electrons. The predicted octanol–water partition coefficient (Wildman–Crippen LogP) is 3.88. The fraction of sp³-hybridized carbons (Fsp3) is 0.474. The van der Waals surface area contributed by atoms with Crippen LogP contribution in [0.3, 0.4) is 0 Å². The molecule has 25 heavy (non-hydrogen) atoms. The Balaban J connectivity index is 3.08. The van der Waals surface area contributed by atoms with Gasteiger partial charge >= 0.3 is 11.9 Å². The fourth-order valence-corrected chi connectivity index (χ4v) is 2.63. The van der Waals surface area contributed by atoms with Crippen molar-refractivity contribution < 1.29 is 30.0 Å². The van der Waals surface area contributed by atoms with Crippen LogP contribution in [-0.2, 0) is 17.6 Å². The number of phenolic OH excluding ortho intramolecular Hbond substituents is 1. The van der Waals surface area contributed by atoms with Gasteiger partial charge in [-0.25, -0.2) is 4.79 Å². The van der Waals surface area contributed by atoms with Crippen molar-refractivity contribution in [2.45, 2.75) is 58.8 Å². The van der Waals surface area contributed by atoms with E-state index in [1.807, 2.05) is 6.92 Å². The minimum atomic E-state index is -1.23. The largest absolute Gasteiger partial charge is 0.508 e. The summed E-state index contributed by atoms with van der Waals surface area (Å²) in [6.45, 7) is 3.80. The molecule has 0 fully saturated rings. The average molecular weight is 350 g/mol. The number of carbonyl (C=O) groups is 2. The van der Waals surface area contributed by atoms with Crippen LogP contribution in [0.25, 0.3) is 0 Å². The Morgan fingerprint density at radius 3 is 2.36 bits per heavy atom. The first-order valence-electron chi connectivity index (χ1n) is 8.45. The van der Waals surface area contributed by atoms with E-state index in [2.05, 4.69) is 0 Å². The second-order valence-electron chi connectivity index (χ2n) is 6.17. The first-order chi connectivity index (χ1) is 11.8. The number of aromatic hydroxyl groups is 2. The van der Waals surface area contributed by atoms with E-state index < -0.39 is 17.7 Å². The van der Waals surface area contributed by atoms with E-state index in [4.69, 9.17) is 5.11 Å². The highest BCUT2D eigenvalue weighted by Crippen LogP contribution is 2.35. The number of benzene rings is 1. The molecular weight excluding hydrogens is 324 g/mol. The van der Waals surface area contributed by atoms with Crippen LogP contribution in [0.5, 0.6) is 11.5 Å². The van der Waals surface area contributed by atoms with Gasteiger partial charge in [-0.05, 0) is 44.2 Å². The summed E-state index contributed by atoms with van der Waals surface area (Å²) in [4.78, 5) is 22.1. The van der Waals surface area contributed by atoms with Crippen molar-refractivity contribution in [2.75, 3.05) is 0 Å². The molecule has 0 amide bonds. The topological polar surface area (TPSA) is 115 Å². The second-order valence-corrected chi connectivity index (χ2v) is 6.17. The smallest absolute Gasteiger partial charge is 0.339 e. The van der Waals surface area contributed by atoms with Crippen LogP contribution in [0.4, 0.5) is 0 Å². The van der Waals surface area contributed by atoms with E-state index >= 15 is 0 Å². The fourth-order valence-electron chi connectivity index (χ4n) is 2.63. The van der Waals surface area contributed by atoms with Crippen molar-refractivity contribution in [3.05, 3.63) is 34.4 Å².